The highest BCUT2D eigenvalue weighted by atomic mass is 79.9. The lowest BCUT2D eigenvalue weighted by atomic mass is 10.1. The maximum Gasteiger partial charge on any atom is 0.0683 e. The van der Waals surface area contributed by atoms with Crippen molar-refractivity contribution in [2.24, 2.45) is 4.99 Å². The number of hydrogen-bond donors (Lipinski definition) is 0. The van der Waals surface area contributed by atoms with E-state index in [4.69, 9.17) is 0 Å². The average molecular weight is 370 g/mol. The molecule has 0 spiro atoms. The van der Waals surface area contributed by atoms with Crippen molar-refractivity contribution in [2.75, 3.05) is 19.1 Å². The van der Waals surface area contributed by atoms with Crippen molar-refractivity contribution < 1.29 is 0 Å². The van der Waals surface area contributed by atoms with Crippen molar-refractivity contribution in [3.63, 3.8) is 0 Å². The van der Waals surface area contributed by atoms with Gasteiger partial charge in [0.2, 0.25) is 0 Å². The molecule has 0 amide bonds. The molecule has 0 aliphatic heterocycles. The van der Waals surface area contributed by atoms with Crippen LogP contribution in [0, 0.1) is 0 Å². The molecule has 0 aromatic heterocycles. The number of hydrogen-bond acceptors (Lipinski definition) is 3. The van der Waals surface area contributed by atoms with Gasteiger partial charge in [-0.2, -0.15) is 11.8 Å². The molecule has 0 radical (unpaired) electrons. The molecule has 0 heterocycles. The molecule has 0 unspecified atom stereocenters. The highest BCUT2D eigenvalue weighted by molar-refractivity contribution is 8.93. The molecular weight excluding hydrogens is 350 g/mol. The molecule has 0 N–H and O–H groups in total. The van der Waals surface area contributed by atoms with Crippen LogP contribution in [0.3, 0.4) is 0 Å². The van der Waals surface area contributed by atoms with Crippen molar-refractivity contribution in [1.29, 1.82) is 0 Å². The van der Waals surface area contributed by atoms with E-state index in [2.05, 4.69) is 53.7 Å². The Bertz CT molecular complexity index is 569. The molecular formula is C16H20BrNS2. The summed E-state index contributed by atoms with van der Waals surface area (Å²) in [6.07, 6.45) is 3.22. The molecule has 20 heavy (non-hydrogen) atoms. The topological polar surface area (TPSA) is 12.4 Å². The Hall–Kier alpha value is -0.450. The molecule has 2 aromatic rings. The largest absolute Gasteiger partial charge is 0.286 e. The van der Waals surface area contributed by atoms with Crippen molar-refractivity contribution in [2.45, 2.75) is 12.2 Å². The first-order valence-electron chi connectivity index (χ1n) is 6.38. The van der Waals surface area contributed by atoms with E-state index in [1.807, 2.05) is 30.6 Å². The van der Waals surface area contributed by atoms with Crippen LogP contribution in [0.5, 0.6) is 0 Å². The third-order valence-corrected chi connectivity index (χ3v) is 4.80. The molecule has 0 aliphatic carbocycles. The zero-order valence-corrected chi connectivity index (χ0v) is 15.2. The Morgan fingerprint density at radius 2 is 1.85 bits per heavy atom. The predicted octanol–water partition coefficient (Wildman–Crippen LogP) is 5.43. The number of nitrogens with zero attached hydrogens (tertiary/aromatic N) is 1. The Morgan fingerprint density at radius 1 is 1.10 bits per heavy atom. The summed E-state index contributed by atoms with van der Waals surface area (Å²) in [4.78, 5) is 4.37. The van der Waals surface area contributed by atoms with Gasteiger partial charge in [0.15, 0.2) is 0 Å². The standard InChI is InChI=1S/C16H19NS2.BrH/c1-17-16(9-10-18-2)19-12-13-7-8-14-5-3-4-6-15(14)11-13;/h3-8,11H,9-10,12H2,1-2H3;1H. The van der Waals surface area contributed by atoms with E-state index in [9.17, 15) is 0 Å². The van der Waals surface area contributed by atoms with Crippen LogP contribution in [-0.4, -0.2) is 24.1 Å². The van der Waals surface area contributed by atoms with E-state index in [0.29, 0.717) is 0 Å². The van der Waals surface area contributed by atoms with Gasteiger partial charge >= 0.3 is 0 Å². The lowest BCUT2D eigenvalue weighted by Gasteiger charge is -2.06. The Balaban J connectivity index is 0.00000200. The van der Waals surface area contributed by atoms with Crippen LogP contribution >= 0.6 is 40.5 Å². The van der Waals surface area contributed by atoms with Crippen molar-refractivity contribution in [1.82, 2.24) is 0 Å². The van der Waals surface area contributed by atoms with Gasteiger partial charge in [0.05, 0.1) is 5.04 Å². The smallest absolute Gasteiger partial charge is 0.0683 e. The van der Waals surface area contributed by atoms with Crippen LogP contribution in [0.2, 0.25) is 0 Å². The van der Waals surface area contributed by atoms with E-state index in [1.165, 1.54) is 21.4 Å². The van der Waals surface area contributed by atoms with Crippen molar-refractivity contribution in [3.8, 4) is 0 Å². The lowest BCUT2D eigenvalue weighted by molar-refractivity contribution is 1.30. The third kappa shape index (κ3) is 5.15. The van der Waals surface area contributed by atoms with E-state index in [1.54, 1.807) is 0 Å². The van der Waals surface area contributed by atoms with Gasteiger partial charge in [-0.15, -0.1) is 28.7 Å². The number of aliphatic imine (C=N–C) groups is 1. The molecule has 108 valence electrons. The molecule has 0 aliphatic rings. The zero-order chi connectivity index (χ0) is 13.5. The number of halogens is 1. The van der Waals surface area contributed by atoms with Crippen LogP contribution in [0.4, 0.5) is 0 Å². The number of rotatable bonds is 5. The molecule has 0 saturated carbocycles. The van der Waals surface area contributed by atoms with Crippen LogP contribution in [-0.2, 0) is 5.75 Å². The Labute approximate surface area is 140 Å². The maximum absolute atomic E-state index is 4.37. The molecule has 1 nitrogen and oxygen atoms in total. The summed E-state index contributed by atoms with van der Waals surface area (Å²) >= 11 is 3.73. The van der Waals surface area contributed by atoms with Crippen LogP contribution in [0.25, 0.3) is 10.8 Å². The van der Waals surface area contributed by atoms with E-state index in [0.717, 1.165) is 17.9 Å². The van der Waals surface area contributed by atoms with Gasteiger partial charge in [-0.05, 0) is 28.3 Å². The van der Waals surface area contributed by atoms with Gasteiger partial charge in [-0.1, -0.05) is 42.5 Å². The van der Waals surface area contributed by atoms with Gasteiger partial charge in [0.25, 0.3) is 0 Å². The van der Waals surface area contributed by atoms with Gasteiger partial charge in [0, 0.05) is 19.2 Å². The van der Waals surface area contributed by atoms with Gasteiger partial charge in [0.1, 0.15) is 0 Å². The van der Waals surface area contributed by atoms with Gasteiger partial charge in [-0.25, -0.2) is 0 Å². The second kappa shape index (κ2) is 9.48. The fourth-order valence-corrected chi connectivity index (χ4v) is 3.35. The SMILES string of the molecule is Br.CN=C(CCSC)SCc1ccc2ccccc2c1. The van der Waals surface area contributed by atoms with Crippen molar-refractivity contribution >= 4 is 56.3 Å². The third-order valence-electron chi connectivity index (χ3n) is 2.99. The molecule has 0 atom stereocenters. The van der Waals surface area contributed by atoms with Crippen molar-refractivity contribution in [3.05, 3.63) is 48.0 Å². The minimum atomic E-state index is 0. The van der Waals surface area contributed by atoms with Crippen LogP contribution < -0.4 is 0 Å². The monoisotopic (exact) mass is 369 g/mol. The first kappa shape index (κ1) is 17.6. The lowest BCUT2D eigenvalue weighted by Crippen LogP contribution is -1.95. The van der Waals surface area contributed by atoms with Crippen LogP contribution in [0.15, 0.2) is 47.5 Å². The number of fused-ring (bicyclic) bond motifs is 1. The summed E-state index contributed by atoms with van der Waals surface area (Å²) in [5.74, 6) is 2.16. The minimum absolute atomic E-state index is 0. The second-order valence-corrected chi connectivity index (χ2v) is 6.36. The fraction of sp³-hybridized carbons (Fsp3) is 0.312. The summed E-state index contributed by atoms with van der Waals surface area (Å²) < 4.78 is 0. The molecule has 0 saturated heterocycles. The first-order chi connectivity index (χ1) is 9.33. The number of thioether (sulfide) groups is 2. The molecule has 4 heteroatoms. The van der Waals surface area contributed by atoms with E-state index in [-0.39, 0.29) is 17.0 Å². The van der Waals surface area contributed by atoms with Gasteiger partial charge in [-0.3, -0.25) is 4.99 Å². The molecule has 2 aromatic carbocycles. The average Bonchev–Trinajstić information content (AvgIpc) is 2.47. The van der Waals surface area contributed by atoms with Crippen LogP contribution in [0.1, 0.15) is 12.0 Å². The summed E-state index contributed by atoms with van der Waals surface area (Å²) in [5.41, 5.74) is 1.37. The minimum Gasteiger partial charge on any atom is -0.286 e. The van der Waals surface area contributed by atoms with E-state index < -0.39 is 0 Å². The molecule has 0 bridgehead atoms. The molecule has 0 fully saturated rings. The summed E-state index contributed by atoms with van der Waals surface area (Å²) in [7, 11) is 1.89. The quantitative estimate of drug-likeness (QED) is 0.514. The maximum atomic E-state index is 4.37. The summed E-state index contributed by atoms with van der Waals surface area (Å²) in [6.45, 7) is 0. The molecule has 2 rings (SSSR count). The Kier molecular flexibility index (Phi) is 8.34. The highest BCUT2D eigenvalue weighted by Gasteiger charge is 2.02. The Morgan fingerprint density at radius 3 is 2.55 bits per heavy atom. The fourth-order valence-electron chi connectivity index (χ4n) is 1.93. The number of benzene rings is 2. The van der Waals surface area contributed by atoms with E-state index >= 15 is 0 Å². The highest BCUT2D eigenvalue weighted by Crippen LogP contribution is 2.21. The normalized spacial score (nSPS) is 11.4. The summed E-state index contributed by atoms with van der Waals surface area (Å²) in [6, 6.07) is 15.2. The summed E-state index contributed by atoms with van der Waals surface area (Å²) in [5, 5.41) is 3.88. The second-order valence-electron chi connectivity index (χ2n) is 4.33. The predicted molar refractivity (Wildman–Crippen MR) is 102 cm³/mol. The zero-order valence-electron chi connectivity index (χ0n) is 11.8. The van der Waals surface area contributed by atoms with Gasteiger partial charge < -0.3 is 0 Å². The first-order valence-corrected chi connectivity index (χ1v) is 8.76.